The van der Waals surface area contributed by atoms with Crippen molar-refractivity contribution < 1.29 is 0 Å². The van der Waals surface area contributed by atoms with E-state index in [-0.39, 0.29) is 5.41 Å². The minimum atomic E-state index is 0.123. The molecule has 0 saturated carbocycles. The number of para-hydroxylation sites is 4. The minimum absolute atomic E-state index is 0.123. The molecule has 0 bridgehead atoms. The second-order valence-corrected chi connectivity index (χ2v) is 11.9. The van der Waals surface area contributed by atoms with E-state index in [4.69, 9.17) is 4.98 Å². The fourth-order valence-electron chi connectivity index (χ4n) is 5.90. The van der Waals surface area contributed by atoms with Gasteiger partial charge in [-0.25, -0.2) is 0 Å². The van der Waals surface area contributed by atoms with Crippen molar-refractivity contribution in [2.75, 3.05) is 9.80 Å². The van der Waals surface area contributed by atoms with Gasteiger partial charge in [-0.2, -0.15) is 0 Å². The number of allylic oxidation sites excluding steroid dienone is 3. The van der Waals surface area contributed by atoms with Gasteiger partial charge in [-0.15, -0.1) is 0 Å². The number of hydrogen-bond acceptors (Lipinski definition) is 3. The fourth-order valence-corrected chi connectivity index (χ4v) is 5.90. The molecule has 3 nitrogen and oxygen atoms in total. The Morgan fingerprint density at radius 2 is 1.14 bits per heavy atom. The van der Waals surface area contributed by atoms with Crippen LogP contribution >= 0.6 is 0 Å². The first-order chi connectivity index (χ1) is 21.5. The van der Waals surface area contributed by atoms with Crippen molar-refractivity contribution in [1.29, 1.82) is 0 Å². The Bertz CT molecular complexity index is 1580. The molecule has 0 saturated heterocycles. The predicted octanol–water partition coefficient (Wildman–Crippen LogP) is 11.9. The van der Waals surface area contributed by atoms with Crippen LogP contribution in [-0.4, -0.2) is 4.98 Å². The van der Waals surface area contributed by atoms with E-state index >= 15 is 0 Å². The first kappa shape index (κ1) is 30.6. The molecule has 0 fully saturated rings. The molecule has 222 valence electrons. The molecule has 1 aromatic heterocycles. The molecule has 44 heavy (non-hydrogen) atoms. The Kier molecular flexibility index (Phi) is 10.1. The molecule has 0 N–H and O–H groups in total. The van der Waals surface area contributed by atoms with E-state index in [1.54, 1.807) is 0 Å². The highest BCUT2D eigenvalue weighted by atomic mass is 15.2. The van der Waals surface area contributed by atoms with Crippen LogP contribution in [0.15, 0.2) is 158 Å². The van der Waals surface area contributed by atoms with Gasteiger partial charge in [-0.1, -0.05) is 106 Å². The Morgan fingerprint density at radius 1 is 0.659 bits per heavy atom. The van der Waals surface area contributed by atoms with E-state index in [2.05, 4.69) is 177 Å². The van der Waals surface area contributed by atoms with Crippen molar-refractivity contribution in [2.45, 2.75) is 47.0 Å². The zero-order valence-electron chi connectivity index (χ0n) is 26.4. The third-order valence-electron chi connectivity index (χ3n) is 7.88. The molecule has 0 spiro atoms. The molecule has 0 aliphatic heterocycles. The van der Waals surface area contributed by atoms with Crippen molar-refractivity contribution in [2.24, 2.45) is 5.41 Å². The summed E-state index contributed by atoms with van der Waals surface area (Å²) in [5.41, 5.74) is 9.13. The normalized spacial score (nSPS) is 12.2. The number of pyridine rings is 1. The highest BCUT2D eigenvalue weighted by molar-refractivity contribution is 5.80. The molecule has 0 aliphatic rings. The smallest absolute Gasteiger partial charge is 0.0651 e. The van der Waals surface area contributed by atoms with Gasteiger partial charge in [0.2, 0.25) is 0 Å². The zero-order chi connectivity index (χ0) is 30.8. The molecule has 0 aliphatic carbocycles. The van der Waals surface area contributed by atoms with E-state index in [9.17, 15) is 0 Å². The van der Waals surface area contributed by atoms with Crippen LogP contribution < -0.4 is 9.80 Å². The van der Waals surface area contributed by atoms with E-state index in [1.165, 1.54) is 5.57 Å². The molecule has 5 rings (SSSR count). The monoisotopic (exact) mass is 577 g/mol. The summed E-state index contributed by atoms with van der Waals surface area (Å²) in [6, 6.07) is 44.6. The summed E-state index contributed by atoms with van der Waals surface area (Å²) in [4.78, 5) is 9.45. The lowest BCUT2D eigenvalue weighted by Crippen LogP contribution is -2.17. The van der Waals surface area contributed by atoms with E-state index < -0.39 is 0 Å². The van der Waals surface area contributed by atoms with E-state index in [0.29, 0.717) is 0 Å². The summed E-state index contributed by atoms with van der Waals surface area (Å²) in [6.07, 6.45) is 11.8. The lowest BCUT2D eigenvalue weighted by atomic mass is 9.80. The van der Waals surface area contributed by atoms with Crippen LogP contribution in [0.4, 0.5) is 28.4 Å². The average Bonchev–Trinajstić information content (AvgIpc) is 3.06. The van der Waals surface area contributed by atoms with Gasteiger partial charge in [0.15, 0.2) is 0 Å². The Morgan fingerprint density at radius 3 is 1.59 bits per heavy atom. The topological polar surface area (TPSA) is 19.4 Å². The van der Waals surface area contributed by atoms with Crippen LogP contribution in [0, 0.1) is 5.41 Å². The number of nitrogens with zero attached hydrogens (tertiary/aromatic N) is 3. The van der Waals surface area contributed by atoms with Gasteiger partial charge < -0.3 is 9.80 Å². The van der Waals surface area contributed by atoms with Gasteiger partial charge in [-0.3, -0.25) is 4.98 Å². The third-order valence-corrected chi connectivity index (χ3v) is 7.88. The summed E-state index contributed by atoms with van der Waals surface area (Å²) in [5, 5.41) is 0. The average molecular weight is 578 g/mol. The number of rotatable bonds is 12. The quantitative estimate of drug-likeness (QED) is 0.137. The molecule has 5 aromatic rings. The van der Waals surface area contributed by atoms with Crippen LogP contribution in [0.25, 0.3) is 5.57 Å². The number of benzene rings is 4. The van der Waals surface area contributed by atoms with Crippen LogP contribution in [-0.2, 0) is 0 Å². The summed E-state index contributed by atoms with van der Waals surface area (Å²) >= 11 is 0. The SMILES string of the molecule is CC=C(C=C(CC(C)(C)CCC)c1cncc(N(c2ccccc2)c2ccccc2)c1)N(c1ccccc1)c1ccccc1. The zero-order valence-corrected chi connectivity index (χ0v) is 26.4. The van der Waals surface area contributed by atoms with Gasteiger partial charge in [0, 0.05) is 34.6 Å². The van der Waals surface area contributed by atoms with Crippen molar-refractivity contribution in [3.05, 3.63) is 163 Å². The molecular formula is C41H43N3. The van der Waals surface area contributed by atoms with E-state index in [0.717, 1.165) is 59.0 Å². The van der Waals surface area contributed by atoms with Crippen LogP contribution in [0.3, 0.4) is 0 Å². The second kappa shape index (κ2) is 14.5. The van der Waals surface area contributed by atoms with Gasteiger partial charge in [0.05, 0.1) is 11.9 Å². The Balaban J connectivity index is 1.65. The van der Waals surface area contributed by atoms with Crippen molar-refractivity contribution >= 4 is 34.0 Å². The highest BCUT2D eigenvalue weighted by Crippen LogP contribution is 2.40. The van der Waals surface area contributed by atoms with Gasteiger partial charge in [0.1, 0.15) is 0 Å². The standard InChI is InChI=1S/C41H43N3/c1-5-27-41(3,4)30-33(28-35(6-2)43(36-19-11-7-12-20-36)37-21-13-8-14-22-37)34-29-40(32-42-31-34)44(38-23-15-9-16-24-38)39-25-17-10-18-26-39/h6-26,28-29,31-32H,5,27,30H2,1-4H3. The maximum absolute atomic E-state index is 4.83. The maximum atomic E-state index is 4.83. The van der Waals surface area contributed by atoms with E-state index in [1.807, 2.05) is 12.4 Å². The number of anilines is 5. The molecule has 0 unspecified atom stereocenters. The van der Waals surface area contributed by atoms with Crippen molar-refractivity contribution in [3.63, 3.8) is 0 Å². The van der Waals surface area contributed by atoms with Crippen molar-refractivity contribution in [1.82, 2.24) is 4.98 Å². The minimum Gasteiger partial charge on any atom is -0.311 e. The number of aromatic nitrogens is 1. The van der Waals surface area contributed by atoms with Crippen molar-refractivity contribution in [3.8, 4) is 0 Å². The van der Waals surface area contributed by atoms with Gasteiger partial charge >= 0.3 is 0 Å². The fraction of sp³-hybridized carbons (Fsp3) is 0.195. The summed E-state index contributed by atoms with van der Waals surface area (Å²) in [7, 11) is 0. The maximum Gasteiger partial charge on any atom is 0.0651 e. The summed E-state index contributed by atoms with van der Waals surface area (Å²) < 4.78 is 0. The lowest BCUT2D eigenvalue weighted by molar-refractivity contribution is 0.341. The number of hydrogen-bond donors (Lipinski definition) is 0. The Labute approximate surface area is 263 Å². The first-order valence-electron chi connectivity index (χ1n) is 15.6. The molecule has 0 atom stereocenters. The molecule has 4 aromatic carbocycles. The van der Waals surface area contributed by atoms with Gasteiger partial charge in [0.25, 0.3) is 0 Å². The molecule has 1 heterocycles. The van der Waals surface area contributed by atoms with Crippen LogP contribution in [0.2, 0.25) is 0 Å². The second-order valence-electron chi connectivity index (χ2n) is 11.9. The molecule has 0 amide bonds. The summed E-state index contributed by atoms with van der Waals surface area (Å²) in [6.45, 7) is 9.16. The third kappa shape index (κ3) is 7.54. The predicted molar refractivity (Wildman–Crippen MR) is 189 cm³/mol. The molecular weight excluding hydrogens is 534 g/mol. The summed E-state index contributed by atoms with van der Waals surface area (Å²) in [5.74, 6) is 0. The lowest BCUT2D eigenvalue weighted by Gasteiger charge is -2.30. The van der Waals surface area contributed by atoms with Gasteiger partial charge in [-0.05, 0) is 97.0 Å². The molecule has 0 radical (unpaired) electrons. The Hall–Kier alpha value is -4.89. The largest absolute Gasteiger partial charge is 0.311 e. The molecule has 3 heteroatoms. The van der Waals surface area contributed by atoms with Crippen LogP contribution in [0.1, 0.15) is 52.5 Å². The first-order valence-corrected chi connectivity index (χ1v) is 15.6. The highest BCUT2D eigenvalue weighted by Gasteiger charge is 2.23. The van der Waals surface area contributed by atoms with Crippen LogP contribution in [0.5, 0.6) is 0 Å².